The third-order valence-corrected chi connectivity index (χ3v) is 7.20. The smallest absolute Gasteiger partial charge is 0.213 e. The highest BCUT2D eigenvalue weighted by molar-refractivity contribution is 6.08. The molecular formula is C30H25N3O. The summed E-state index contributed by atoms with van der Waals surface area (Å²) >= 11 is 0. The van der Waals surface area contributed by atoms with Crippen LogP contribution in [0, 0.1) is 0 Å². The lowest BCUT2D eigenvalue weighted by atomic mass is 9.96. The van der Waals surface area contributed by atoms with Crippen molar-refractivity contribution in [1.82, 2.24) is 9.58 Å². The lowest BCUT2D eigenvalue weighted by Gasteiger charge is -2.38. The average molecular weight is 444 g/mol. The number of aryl methyl sites for hydroxylation is 1. The van der Waals surface area contributed by atoms with Crippen molar-refractivity contribution in [3.05, 3.63) is 114 Å². The number of fused-ring (bicyclic) bond motifs is 6. The molecule has 2 atom stereocenters. The molecule has 0 N–H and O–H groups in total. The van der Waals surface area contributed by atoms with Gasteiger partial charge in [0.15, 0.2) is 0 Å². The second-order valence-electron chi connectivity index (χ2n) is 9.06. The number of nitrogens with zero attached hydrogens (tertiary/aromatic N) is 3. The molecule has 0 amide bonds. The van der Waals surface area contributed by atoms with Gasteiger partial charge >= 0.3 is 0 Å². The van der Waals surface area contributed by atoms with Crippen LogP contribution in [-0.4, -0.2) is 15.3 Å². The minimum atomic E-state index is -0.269. The molecule has 0 saturated carbocycles. The molecule has 0 spiro atoms. The molecule has 7 rings (SSSR count). The topological polar surface area (TPSA) is 29.8 Å². The van der Waals surface area contributed by atoms with Crippen LogP contribution in [0.4, 0.5) is 0 Å². The molecule has 0 aliphatic carbocycles. The van der Waals surface area contributed by atoms with E-state index < -0.39 is 0 Å². The molecule has 2 aliphatic heterocycles. The maximum absolute atomic E-state index is 6.62. The van der Waals surface area contributed by atoms with E-state index in [4.69, 9.17) is 9.84 Å². The monoisotopic (exact) mass is 443 g/mol. The first-order chi connectivity index (χ1) is 16.8. The molecule has 3 heterocycles. The zero-order chi connectivity index (χ0) is 22.6. The molecule has 5 aromatic rings. The lowest BCUT2D eigenvalue weighted by molar-refractivity contribution is -0.0189. The number of para-hydroxylation sites is 2. The van der Waals surface area contributed by atoms with E-state index in [2.05, 4.69) is 114 Å². The van der Waals surface area contributed by atoms with Crippen molar-refractivity contribution in [2.45, 2.75) is 32.2 Å². The van der Waals surface area contributed by atoms with Crippen molar-refractivity contribution in [2.75, 3.05) is 0 Å². The first-order valence-corrected chi connectivity index (χ1v) is 12.0. The summed E-state index contributed by atoms with van der Waals surface area (Å²) in [7, 11) is 0. The highest BCUT2D eigenvalue weighted by Crippen LogP contribution is 2.48. The Bertz CT molecular complexity index is 1570. The van der Waals surface area contributed by atoms with Gasteiger partial charge in [-0.15, -0.1) is 0 Å². The zero-order valence-corrected chi connectivity index (χ0v) is 19.1. The van der Waals surface area contributed by atoms with Crippen molar-refractivity contribution < 1.29 is 4.74 Å². The summed E-state index contributed by atoms with van der Waals surface area (Å²) in [6, 6.07) is 34.5. The maximum Gasteiger partial charge on any atom is 0.213 e. The molecular weight excluding hydrogens is 418 g/mol. The van der Waals surface area contributed by atoms with Crippen LogP contribution >= 0.6 is 0 Å². The van der Waals surface area contributed by atoms with E-state index in [9.17, 15) is 0 Å². The van der Waals surface area contributed by atoms with Crippen molar-refractivity contribution in [1.29, 1.82) is 0 Å². The molecule has 0 radical (unpaired) electrons. The molecule has 0 saturated heterocycles. The van der Waals surface area contributed by atoms with Crippen LogP contribution < -0.4 is 4.74 Å². The fourth-order valence-electron chi connectivity index (χ4n) is 5.62. The van der Waals surface area contributed by atoms with E-state index in [0.717, 1.165) is 30.0 Å². The van der Waals surface area contributed by atoms with Crippen molar-refractivity contribution >= 4 is 27.5 Å². The summed E-state index contributed by atoms with van der Waals surface area (Å²) in [5.41, 5.74) is 7.15. The average Bonchev–Trinajstić information content (AvgIpc) is 3.48. The summed E-state index contributed by atoms with van der Waals surface area (Å²) in [6.45, 7) is 3.14. The van der Waals surface area contributed by atoms with Crippen molar-refractivity contribution in [3.63, 3.8) is 0 Å². The Morgan fingerprint density at radius 1 is 0.824 bits per heavy atom. The van der Waals surface area contributed by atoms with Gasteiger partial charge in [-0.1, -0.05) is 72.8 Å². The minimum Gasteiger partial charge on any atom is -0.464 e. The highest BCUT2D eigenvalue weighted by atomic mass is 16.5. The molecule has 4 nitrogen and oxygen atoms in total. The summed E-state index contributed by atoms with van der Waals surface area (Å²) < 4.78 is 9.01. The predicted octanol–water partition coefficient (Wildman–Crippen LogP) is 7.06. The molecule has 1 aromatic heterocycles. The van der Waals surface area contributed by atoms with Gasteiger partial charge in [0.25, 0.3) is 0 Å². The summed E-state index contributed by atoms with van der Waals surface area (Å²) in [5.74, 6) is 0.953. The fraction of sp³-hybridized carbons (Fsp3) is 0.167. The van der Waals surface area contributed by atoms with Gasteiger partial charge in [-0.25, -0.2) is 5.01 Å². The van der Waals surface area contributed by atoms with Gasteiger partial charge in [-0.2, -0.15) is 5.10 Å². The molecule has 4 heteroatoms. The number of ether oxygens (including phenoxy) is 1. The summed E-state index contributed by atoms with van der Waals surface area (Å²) in [5, 5.41) is 9.84. The largest absolute Gasteiger partial charge is 0.464 e. The Labute approximate surface area is 198 Å². The molecule has 0 fully saturated rings. The van der Waals surface area contributed by atoms with Gasteiger partial charge in [-0.3, -0.25) is 0 Å². The third-order valence-electron chi connectivity index (χ3n) is 7.20. The number of aromatic nitrogens is 1. The van der Waals surface area contributed by atoms with Crippen LogP contribution in [0.25, 0.3) is 21.8 Å². The van der Waals surface area contributed by atoms with Gasteiger partial charge in [-0.05, 0) is 36.8 Å². The number of hydrogen-bond donors (Lipinski definition) is 0. The number of benzene rings is 4. The maximum atomic E-state index is 6.62. The van der Waals surface area contributed by atoms with Crippen LogP contribution in [0.3, 0.4) is 0 Å². The number of hydrazone groups is 1. The SMILES string of the molecule is CCn1c2ccccc2c2cc([C@@H]3Oc4ccccc4[C@H]4CC(c5ccccc5)=NN43)ccc21. The Kier molecular flexibility index (Phi) is 4.28. The Balaban J connectivity index is 1.39. The first kappa shape index (κ1) is 19.4. The molecule has 2 aliphatic rings. The van der Waals surface area contributed by atoms with E-state index in [1.807, 2.05) is 0 Å². The summed E-state index contributed by atoms with van der Waals surface area (Å²) in [4.78, 5) is 0. The third kappa shape index (κ3) is 2.81. The van der Waals surface area contributed by atoms with E-state index in [-0.39, 0.29) is 12.3 Å². The molecule has 0 bridgehead atoms. The summed E-state index contributed by atoms with van der Waals surface area (Å²) in [6.07, 6.45) is 0.604. The van der Waals surface area contributed by atoms with Gasteiger partial charge in [0.2, 0.25) is 6.23 Å². The second kappa shape index (κ2) is 7.49. The molecule has 4 aromatic carbocycles. The second-order valence-corrected chi connectivity index (χ2v) is 9.06. The lowest BCUT2D eigenvalue weighted by Crippen LogP contribution is -2.33. The van der Waals surface area contributed by atoms with Crippen LogP contribution in [0.15, 0.2) is 102 Å². The predicted molar refractivity (Wildman–Crippen MR) is 137 cm³/mol. The van der Waals surface area contributed by atoms with Crippen LogP contribution in [0.5, 0.6) is 5.75 Å². The van der Waals surface area contributed by atoms with Crippen molar-refractivity contribution in [3.8, 4) is 5.75 Å². The van der Waals surface area contributed by atoms with Crippen LogP contribution in [-0.2, 0) is 6.54 Å². The Hall–Kier alpha value is -4.05. The minimum absolute atomic E-state index is 0.165. The van der Waals surface area contributed by atoms with E-state index >= 15 is 0 Å². The normalized spacial score (nSPS) is 19.1. The van der Waals surface area contributed by atoms with E-state index in [0.29, 0.717) is 0 Å². The van der Waals surface area contributed by atoms with E-state index in [1.165, 1.54) is 32.9 Å². The van der Waals surface area contributed by atoms with Gasteiger partial charge in [0.05, 0.1) is 11.8 Å². The Morgan fingerprint density at radius 2 is 1.59 bits per heavy atom. The highest BCUT2D eigenvalue weighted by Gasteiger charge is 2.40. The van der Waals surface area contributed by atoms with Gasteiger partial charge in [0.1, 0.15) is 5.75 Å². The van der Waals surface area contributed by atoms with Gasteiger partial charge in [0, 0.05) is 45.9 Å². The fourth-order valence-corrected chi connectivity index (χ4v) is 5.62. The molecule has 166 valence electrons. The zero-order valence-electron chi connectivity index (χ0n) is 19.1. The first-order valence-electron chi connectivity index (χ1n) is 12.0. The van der Waals surface area contributed by atoms with Crippen LogP contribution in [0.2, 0.25) is 0 Å². The quantitative estimate of drug-likeness (QED) is 0.299. The molecule has 0 unspecified atom stereocenters. The van der Waals surface area contributed by atoms with Crippen LogP contribution in [0.1, 0.15) is 42.3 Å². The molecule has 34 heavy (non-hydrogen) atoms. The van der Waals surface area contributed by atoms with Crippen molar-refractivity contribution in [2.24, 2.45) is 5.10 Å². The van der Waals surface area contributed by atoms with E-state index in [1.54, 1.807) is 0 Å². The number of rotatable bonds is 3. The van der Waals surface area contributed by atoms with Gasteiger partial charge < -0.3 is 9.30 Å². The standard InChI is InChI=1S/C30H25N3O/c1-2-32-26-14-8-6-12-22(26)24-18-21(16-17-27(24)32)30-33-28(23-13-7-9-15-29(23)34-30)19-25(31-33)20-10-4-3-5-11-20/h3-18,28,30H,2,19H2,1H3/t28-,30+/m1/s1. The number of hydrogen-bond acceptors (Lipinski definition) is 3. The Morgan fingerprint density at radius 3 is 2.47 bits per heavy atom.